The molecule has 0 atom stereocenters. The van der Waals surface area contributed by atoms with Crippen LogP contribution in [0.15, 0.2) is 24.3 Å². The molecular formula is C17H26S. The molecule has 0 saturated heterocycles. The van der Waals surface area contributed by atoms with Crippen molar-refractivity contribution in [3.05, 3.63) is 34.7 Å². The predicted molar refractivity (Wildman–Crippen MR) is 85.8 cm³/mol. The number of hydrogen-bond donors (Lipinski definition) is 0. The van der Waals surface area contributed by atoms with Crippen LogP contribution in [0.4, 0.5) is 0 Å². The lowest BCUT2D eigenvalue weighted by atomic mass is 9.96. The van der Waals surface area contributed by atoms with E-state index >= 15 is 0 Å². The highest BCUT2D eigenvalue weighted by Gasteiger charge is 2.14. The Kier molecular flexibility index (Phi) is 7.04. The molecule has 0 radical (unpaired) electrons. The van der Waals surface area contributed by atoms with Gasteiger partial charge in [0.1, 0.15) is 0 Å². The number of benzene rings is 1. The van der Waals surface area contributed by atoms with Gasteiger partial charge in [-0.3, -0.25) is 0 Å². The van der Waals surface area contributed by atoms with Gasteiger partial charge in [-0.1, -0.05) is 52.3 Å². The van der Waals surface area contributed by atoms with E-state index in [1.807, 2.05) is 25.2 Å². The summed E-state index contributed by atoms with van der Waals surface area (Å²) in [6.07, 6.45) is 6.64. The third-order valence-electron chi connectivity index (χ3n) is 2.86. The molecule has 2 aromatic rings. The molecular weight excluding hydrogens is 236 g/mol. The summed E-state index contributed by atoms with van der Waals surface area (Å²) in [5, 5.41) is 1.52. The van der Waals surface area contributed by atoms with Gasteiger partial charge in [-0.2, -0.15) is 0 Å². The van der Waals surface area contributed by atoms with Crippen LogP contribution in [0.1, 0.15) is 57.4 Å². The normalized spacial score (nSPS) is 12.9. The molecule has 0 aliphatic heterocycles. The van der Waals surface area contributed by atoms with Crippen molar-refractivity contribution in [1.82, 2.24) is 0 Å². The van der Waals surface area contributed by atoms with Crippen LogP contribution in [0, 0.1) is 0 Å². The molecule has 18 heavy (non-hydrogen) atoms. The molecule has 1 aromatic carbocycles. The monoisotopic (exact) mass is 262 g/mol. The molecule has 3 rings (SSSR count). The first-order valence-corrected chi connectivity index (χ1v) is 8.17. The average Bonchev–Trinajstić information content (AvgIpc) is 2.80. The zero-order valence-corrected chi connectivity index (χ0v) is 13.1. The van der Waals surface area contributed by atoms with Crippen LogP contribution >= 0.6 is 11.3 Å². The van der Waals surface area contributed by atoms with Crippen molar-refractivity contribution in [2.24, 2.45) is 0 Å². The van der Waals surface area contributed by atoms with Gasteiger partial charge in [-0.15, -0.1) is 11.3 Å². The number of thiophene rings is 1. The Morgan fingerprint density at radius 1 is 1.00 bits per heavy atom. The van der Waals surface area contributed by atoms with Gasteiger partial charge in [0.05, 0.1) is 0 Å². The van der Waals surface area contributed by atoms with Crippen molar-refractivity contribution in [2.75, 3.05) is 0 Å². The minimum absolute atomic E-state index is 1.25. The maximum Gasteiger partial charge on any atom is 0.0348 e. The molecule has 1 aliphatic rings. The lowest BCUT2D eigenvalue weighted by Crippen LogP contribution is -1.97. The molecule has 100 valence electrons. The van der Waals surface area contributed by atoms with Crippen LogP contribution in [-0.4, -0.2) is 0 Å². The molecule has 0 spiro atoms. The van der Waals surface area contributed by atoms with E-state index in [-0.39, 0.29) is 0 Å². The highest BCUT2D eigenvalue weighted by Crippen LogP contribution is 2.35. The Bertz CT molecular complexity index is 454. The van der Waals surface area contributed by atoms with Crippen molar-refractivity contribution in [1.29, 1.82) is 0 Å². The summed E-state index contributed by atoms with van der Waals surface area (Å²) in [6, 6.07) is 8.82. The average molecular weight is 262 g/mol. The Morgan fingerprint density at radius 2 is 1.61 bits per heavy atom. The van der Waals surface area contributed by atoms with Gasteiger partial charge >= 0.3 is 0 Å². The summed E-state index contributed by atoms with van der Waals surface area (Å²) in [5.41, 5.74) is 1.65. The van der Waals surface area contributed by atoms with Crippen molar-refractivity contribution in [3.63, 3.8) is 0 Å². The van der Waals surface area contributed by atoms with Crippen molar-refractivity contribution >= 4 is 21.4 Å². The van der Waals surface area contributed by atoms with E-state index in [1.165, 1.54) is 42.2 Å². The first kappa shape index (κ1) is 15.2. The van der Waals surface area contributed by atoms with Crippen LogP contribution < -0.4 is 0 Å². The highest BCUT2D eigenvalue weighted by molar-refractivity contribution is 7.19. The van der Waals surface area contributed by atoms with Crippen LogP contribution in [0.5, 0.6) is 0 Å². The summed E-state index contributed by atoms with van der Waals surface area (Å²) in [7, 11) is 0. The highest BCUT2D eigenvalue weighted by atomic mass is 32.1. The molecule has 1 heterocycles. The first-order chi connectivity index (χ1) is 8.86. The van der Waals surface area contributed by atoms with E-state index in [9.17, 15) is 0 Å². The molecule has 0 unspecified atom stereocenters. The molecule has 0 nitrogen and oxygen atoms in total. The minimum Gasteiger partial charge on any atom is -0.140 e. The SMILES string of the molecule is CC.CCC.c1ccc2c3c(sc2c1)CCCC3. The van der Waals surface area contributed by atoms with E-state index in [4.69, 9.17) is 0 Å². The van der Waals surface area contributed by atoms with Gasteiger partial charge in [0.25, 0.3) is 0 Å². The lowest BCUT2D eigenvalue weighted by Gasteiger charge is -2.09. The predicted octanol–water partition coefficient (Wildman–Crippen LogP) is 6.22. The van der Waals surface area contributed by atoms with Gasteiger partial charge in [-0.05, 0) is 42.7 Å². The number of aryl methyl sites for hydroxylation is 2. The molecule has 1 aromatic heterocycles. The molecule has 0 N–H and O–H groups in total. The number of hydrogen-bond acceptors (Lipinski definition) is 1. The van der Waals surface area contributed by atoms with Crippen LogP contribution in [0.3, 0.4) is 0 Å². The first-order valence-electron chi connectivity index (χ1n) is 7.36. The summed E-state index contributed by atoms with van der Waals surface area (Å²) in [6.45, 7) is 8.25. The summed E-state index contributed by atoms with van der Waals surface area (Å²) >= 11 is 2.00. The van der Waals surface area contributed by atoms with Crippen molar-refractivity contribution in [3.8, 4) is 0 Å². The van der Waals surface area contributed by atoms with Crippen molar-refractivity contribution < 1.29 is 0 Å². The van der Waals surface area contributed by atoms with Crippen LogP contribution in [0.25, 0.3) is 10.1 Å². The van der Waals surface area contributed by atoms with E-state index in [0.717, 1.165) is 0 Å². The molecule has 0 amide bonds. The topological polar surface area (TPSA) is 0 Å². The molecule has 0 fully saturated rings. The smallest absolute Gasteiger partial charge is 0.0348 e. The van der Waals surface area contributed by atoms with E-state index < -0.39 is 0 Å². The van der Waals surface area contributed by atoms with Gasteiger partial charge in [0, 0.05) is 9.58 Å². The Hall–Kier alpha value is -0.820. The second-order valence-electron chi connectivity index (χ2n) is 4.41. The fourth-order valence-corrected chi connectivity index (χ4v) is 3.51. The number of fused-ring (bicyclic) bond motifs is 3. The molecule has 0 saturated carbocycles. The fraction of sp³-hybridized carbons (Fsp3) is 0.529. The summed E-state index contributed by atoms with van der Waals surface area (Å²) < 4.78 is 1.48. The Labute approximate surface area is 116 Å². The van der Waals surface area contributed by atoms with Crippen LogP contribution in [-0.2, 0) is 12.8 Å². The fourth-order valence-electron chi connectivity index (χ4n) is 2.21. The van der Waals surface area contributed by atoms with E-state index in [2.05, 4.69) is 38.1 Å². The maximum atomic E-state index is 2.27. The van der Waals surface area contributed by atoms with Crippen LogP contribution in [0.2, 0.25) is 0 Å². The molecule has 0 bridgehead atoms. The minimum atomic E-state index is 1.25. The largest absolute Gasteiger partial charge is 0.140 e. The van der Waals surface area contributed by atoms with Gasteiger partial charge in [-0.25, -0.2) is 0 Å². The van der Waals surface area contributed by atoms with Gasteiger partial charge < -0.3 is 0 Å². The molecule has 1 aliphatic carbocycles. The zero-order valence-electron chi connectivity index (χ0n) is 12.3. The quantitative estimate of drug-likeness (QED) is 0.528. The third kappa shape index (κ3) is 3.58. The second-order valence-corrected chi connectivity index (χ2v) is 5.55. The number of rotatable bonds is 0. The molecule has 1 heteroatoms. The lowest BCUT2D eigenvalue weighted by molar-refractivity contribution is 0.700. The second kappa shape index (κ2) is 8.31. The standard InChI is InChI=1S/C12H12S.C3H8.C2H6/c1-3-7-11-9(5-1)10-6-2-4-8-12(10)13-11;1-3-2;1-2/h1,3,5,7H,2,4,6,8H2;3H2,1-2H3;1-2H3. The summed E-state index contributed by atoms with van der Waals surface area (Å²) in [5.74, 6) is 0. The zero-order chi connectivity index (χ0) is 13.4. The summed E-state index contributed by atoms with van der Waals surface area (Å²) in [4.78, 5) is 1.65. The Balaban J connectivity index is 0.000000288. The van der Waals surface area contributed by atoms with Crippen molar-refractivity contribution in [2.45, 2.75) is 59.8 Å². The Morgan fingerprint density at radius 3 is 2.33 bits per heavy atom. The van der Waals surface area contributed by atoms with Gasteiger partial charge in [0.2, 0.25) is 0 Å². The van der Waals surface area contributed by atoms with Gasteiger partial charge in [0.15, 0.2) is 0 Å². The maximum absolute atomic E-state index is 2.27. The van der Waals surface area contributed by atoms with E-state index in [0.29, 0.717) is 0 Å². The van der Waals surface area contributed by atoms with E-state index in [1.54, 1.807) is 10.4 Å². The third-order valence-corrected chi connectivity index (χ3v) is 4.14.